The minimum absolute atomic E-state index is 0.0352. The van der Waals surface area contributed by atoms with Crippen molar-refractivity contribution >= 4 is 21.4 Å². The van der Waals surface area contributed by atoms with Gasteiger partial charge >= 0.3 is 0 Å². The van der Waals surface area contributed by atoms with Gasteiger partial charge in [-0.3, -0.25) is 4.79 Å². The van der Waals surface area contributed by atoms with E-state index in [2.05, 4.69) is 5.32 Å². The number of hydrogen-bond acceptors (Lipinski definition) is 4. The Balaban J connectivity index is 2.62. The molecule has 3 N–H and O–H groups in total. The van der Waals surface area contributed by atoms with Crippen LogP contribution in [0.15, 0.2) is 24.3 Å². The molecule has 0 spiro atoms. The Morgan fingerprint density at radius 2 is 1.88 bits per heavy atom. The van der Waals surface area contributed by atoms with Crippen molar-refractivity contribution in [3.05, 3.63) is 29.8 Å². The topological polar surface area (TPSA) is 89.3 Å². The lowest BCUT2D eigenvalue weighted by molar-refractivity contribution is -0.113. The third-order valence-electron chi connectivity index (χ3n) is 2.26. The van der Waals surface area contributed by atoms with Crippen molar-refractivity contribution in [3.63, 3.8) is 0 Å². The maximum absolute atomic E-state index is 11.4. The third-order valence-corrected chi connectivity index (χ3v) is 3.85. The molecule has 0 atom stereocenters. The minimum atomic E-state index is -3.28. The van der Waals surface area contributed by atoms with Crippen LogP contribution in [-0.2, 0) is 21.2 Å². The Bertz CT molecular complexity index is 480. The van der Waals surface area contributed by atoms with Gasteiger partial charge in [0.05, 0.1) is 0 Å². The van der Waals surface area contributed by atoms with Gasteiger partial charge in [-0.15, -0.1) is 0 Å². The van der Waals surface area contributed by atoms with Crippen molar-refractivity contribution in [1.82, 2.24) is 0 Å². The Kier molecular flexibility index (Phi) is 4.65. The number of nitrogens with two attached hydrogens (primary N) is 1. The molecule has 0 unspecified atom stereocenters. The number of carbonyl (C=O) groups is 1. The maximum Gasteiger partial charge on any atom is 0.239 e. The van der Waals surface area contributed by atoms with Crippen LogP contribution in [-0.4, -0.2) is 25.8 Å². The molecule has 1 aromatic rings. The van der Waals surface area contributed by atoms with E-state index in [1.54, 1.807) is 24.3 Å². The molecule has 0 radical (unpaired) electrons. The molecule has 0 aliphatic carbocycles. The van der Waals surface area contributed by atoms with E-state index in [0.717, 1.165) is 5.56 Å². The van der Waals surface area contributed by atoms with E-state index in [9.17, 15) is 13.2 Å². The fourth-order valence-electron chi connectivity index (χ4n) is 1.22. The quantitative estimate of drug-likeness (QED) is 0.803. The molecule has 5 nitrogen and oxygen atoms in total. The van der Waals surface area contributed by atoms with Gasteiger partial charge in [0.15, 0.2) is 9.84 Å². The van der Waals surface area contributed by atoms with Gasteiger partial charge in [-0.25, -0.2) is 8.42 Å². The summed E-state index contributed by atoms with van der Waals surface area (Å²) >= 11 is 0. The van der Waals surface area contributed by atoms with Gasteiger partial charge in [0.1, 0.15) is 5.75 Å². The molecular formula is C11H16N2O3S. The van der Waals surface area contributed by atoms with Gasteiger partial charge in [0, 0.05) is 18.0 Å². The van der Waals surface area contributed by atoms with E-state index >= 15 is 0 Å². The van der Waals surface area contributed by atoms with E-state index in [4.69, 9.17) is 5.73 Å². The third kappa shape index (κ3) is 4.54. The fourth-order valence-corrected chi connectivity index (χ4v) is 1.90. The number of hydrogen-bond donors (Lipinski definition) is 2. The van der Waals surface area contributed by atoms with Crippen LogP contribution >= 0.6 is 0 Å². The summed E-state index contributed by atoms with van der Waals surface area (Å²) in [6, 6.07) is 6.95. The zero-order valence-electron chi connectivity index (χ0n) is 9.64. The smallest absolute Gasteiger partial charge is 0.239 e. The standard InChI is InChI=1S/C11H16N2O3S/c1-2-17(15,16)8-11(14)13-10-5-3-9(7-12)4-6-10/h3-6H,2,7-8,12H2,1H3,(H,13,14). The molecule has 1 amide bonds. The minimum Gasteiger partial charge on any atom is -0.326 e. The molecular weight excluding hydrogens is 240 g/mol. The van der Waals surface area contributed by atoms with Crippen LogP contribution in [0.4, 0.5) is 5.69 Å². The van der Waals surface area contributed by atoms with Crippen molar-refractivity contribution in [3.8, 4) is 0 Å². The van der Waals surface area contributed by atoms with Gasteiger partial charge in [-0.1, -0.05) is 19.1 Å². The molecule has 0 heterocycles. The summed E-state index contributed by atoms with van der Waals surface area (Å²) < 4.78 is 22.4. The maximum atomic E-state index is 11.4. The highest BCUT2D eigenvalue weighted by Gasteiger charge is 2.14. The number of anilines is 1. The molecule has 1 rings (SSSR count). The lowest BCUT2D eigenvalue weighted by Gasteiger charge is -2.05. The summed E-state index contributed by atoms with van der Waals surface area (Å²) in [5.41, 5.74) is 6.95. The van der Waals surface area contributed by atoms with Crippen LogP contribution < -0.4 is 11.1 Å². The fraction of sp³-hybridized carbons (Fsp3) is 0.364. The van der Waals surface area contributed by atoms with Crippen LogP contribution in [0, 0.1) is 0 Å². The number of sulfone groups is 1. The normalized spacial score (nSPS) is 11.2. The summed E-state index contributed by atoms with van der Waals surface area (Å²) in [5.74, 6) is -1.04. The van der Waals surface area contributed by atoms with Crippen molar-refractivity contribution in [2.45, 2.75) is 13.5 Å². The zero-order chi connectivity index (χ0) is 12.9. The van der Waals surface area contributed by atoms with Gasteiger partial charge < -0.3 is 11.1 Å². The average molecular weight is 256 g/mol. The van der Waals surface area contributed by atoms with E-state index in [1.807, 2.05) is 0 Å². The summed E-state index contributed by atoms with van der Waals surface area (Å²) in [6.45, 7) is 1.94. The van der Waals surface area contributed by atoms with E-state index in [1.165, 1.54) is 6.92 Å². The predicted molar refractivity (Wildman–Crippen MR) is 67.3 cm³/mol. The number of carbonyl (C=O) groups excluding carboxylic acids is 1. The van der Waals surface area contributed by atoms with E-state index < -0.39 is 21.5 Å². The molecule has 0 aliphatic heterocycles. The van der Waals surface area contributed by atoms with Crippen LogP contribution in [0.3, 0.4) is 0 Å². The van der Waals surface area contributed by atoms with Crippen LogP contribution in [0.1, 0.15) is 12.5 Å². The summed E-state index contributed by atoms with van der Waals surface area (Å²) in [5, 5.41) is 2.52. The lowest BCUT2D eigenvalue weighted by Crippen LogP contribution is -2.23. The lowest BCUT2D eigenvalue weighted by atomic mass is 10.2. The summed E-state index contributed by atoms with van der Waals surface area (Å²) in [6.07, 6.45) is 0. The van der Waals surface area contributed by atoms with Crippen LogP contribution in [0.25, 0.3) is 0 Å². The Labute approximate surface area is 101 Å². The molecule has 0 saturated carbocycles. The molecule has 1 aromatic carbocycles. The Morgan fingerprint density at radius 1 is 1.29 bits per heavy atom. The van der Waals surface area contributed by atoms with Crippen molar-refractivity contribution < 1.29 is 13.2 Å². The number of nitrogens with one attached hydrogen (secondary N) is 1. The highest BCUT2D eigenvalue weighted by Crippen LogP contribution is 2.09. The summed E-state index contributed by atoms with van der Waals surface area (Å²) in [4.78, 5) is 11.4. The van der Waals surface area contributed by atoms with E-state index in [0.29, 0.717) is 12.2 Å². The molecule has 0 bridgehead atoms. The Hall–Kier alpha value is -1.40. The molecule has 17 heavy (non-hydrogen) atoms. The molecule has 0 aliphatic rings. The van der Waals surface area contributed by atoms with Gasteiger partial charge in [-0.05, 0) is 17.7 Å². The first kappa shape index (κ1) is 13.7. The monoisotopic (exact) mass is 256 g/mol. The van der Waals surface area contributed by atoms with Crippen LogP contribution in [0.2, 0.25) is 0 Å². The van der Waals surface area contributed by atoms with Gasteiger partial charge in [0.2, 0.25) is 5.91 Å². The van der Waals surface area contributed by atoms with E-state index in [-0.39, 0.29) is 5.75 Å². The second-order valence-corrected chi connectivity index (χ2v) is 5.98. The molecule has 94 valence electrons. The zero-order valence-corrected chi connectivity index (χ0v) is 10.5. The van der Waals surface area contributed by atoms with Crippen LogP contribution in [0.5, 0.6) is 0 Å². The summed E-state index contributed by atoms with van der Waals surface area (Å²) in [7, 11) is -3.28. The molecule has 6 heteroatoms. The molecule has 0 aromatic heterocycles. The molecule has 0 fully saturated rings. The number of amides is 1. The highest BCUT2D eigenvalue weighted by molar-refractivity contribution is 7.92. The second-order valence-electron chi connectivity index (χ2n) is 3.63. The van der Waals surface area contributed by atoms with Gasteiger partial charge in [0.25, 0.3) is 0 Å². The number of rotatable bonds is 5. The largest absolute Gasteiger partial charge is 0.326 e. The first-order valence-corrected chi connectivity index (χ1v) is 7.08. The Morgan fingerprint density at radius 3 is 2.35 bits per heavy atom. The second kappa shape index (κ2) is 5.79. The average Bonchev–Trinajstić information content (AvgIpc) is 2.29. The highest BCUT2D eigenvalue weighted by atomic mass is 32.2. The first-order chi connectivity index (χ1) is 7.96. The SMILES string of the molecule is CCS(=O)(=O)CC(=O)Nc1ccc(CN)cc1. The van der Waals surface area contributed by atoms with Crippen molar-refractivity contribution in [2.75, 3.05) is 16.8 Å². The van der Waals surface area contributed by atoms with Crippen molar-refractivity contribution in [1.29, 1.82) is 0 Å². The first-order valence-electron chi connectivity index (χ1n) is 5.26. The van der Waals surface area contributed by atoms with Crippen molar-refractivity contribution in [2.24, 2.45) is 5.73 Å². The predicted octanol–water partition coefficient (Wildman–Crippen LogP) is 0.518. The van der Waals surface area contributed by atoms with Gasteiger partial charge in [-0.2, -0.15) is 0 Å². The molecule has 0 saturated heterocycles. The number of benzene rings is 1.